The number of hydrogen-bond donors (Lipinski definition) is 0. The maximum absolute atomic E-state index is 4.63. The fraction of sp³-hybridized carbons (Fsp3) is 0.214. The van der Waals surface area contributed by atoms with E-state index in [0.717, 1.165) is 5.22 Å². The van der Waals surface area contributed by atoms with Gasteiger partial charge in [0, 0.05) is 21.5 Å². The van der Waals surface area contributed by atoms with E-state index in [9.17, 15) is 0 Å². The zero-order chi connectivity index (χ0) is 20.6. The van der Waals surface area contributed by atoms with Gasteiger partial charge in [-0.2, -0.15) is 0 Å². The molecule has 1 nitrogen and oxygen atoms in total. The number of nitrogens with zero attached hydrogens (tertiary/aromatic N) is 1. The number of benzene rings is 3. The van der Waals surface area contributed by atoms with E-state index in [1.807, 2.05) is 0 Å². The number of hydrogen-bond acceptors (Lipinski definition) is 0. The summed E-state index contributed by atoms with van der Waals surface area (Å²) in [5, 5.41) is 6.41. The second-order valence-corrected chi connectivity index (χ2v) is 8.52. The summed E-state index contributed by atoms with van der Waals surface area (Å²) in [5.41, 5.74) is 11.8. The molecule has 144 valence electrons. The molecule has 0 saturated heterocycles. The van der Waals surface area contributed by atoms with Crippen molar-refractivity contribution in [2.75, 3.05) is 0 Å². The lowest BCUT2D eigenvalue weighted by Crippen LogP contribution is -2.11. The van der Waals surface area contributed by atoms with Gasteiger partial charge in [-0.05, 0) is 80.1 Å². The summed E-state index contributed by atoms with van der Waals surface area (Å²) in [6, 6.07) is 11.4. The Morgan fingerprint density at radius 3 is 2.14 bits per heavy atom. The largest absolute Gasteiger partial charge is 0.307 e. The molecule has 2 heterocycles. The second kappa shape index (κ2) is 5.97. The van der Waals surface area contributed by atoms with Gasteiger partial charge in [0.1, 0.15) is 0 Å². The van der Waals surface area contributed by atoms with Crippen LogP contribution in [0.4, 0.5) is 0 Å². The molecule has 3 aromatic carbocycles. The SMILES string of the molecule is C=c1c2c(C)c(C)cc(C)c2n2c3c(C)ccc(C)c3c3ccc(/C=C\C)c1c32. The second-order valence-electron chi connectivity index (χ2n) is 8.52. The lowest BCUT2D eigenvalue weighted by atomic mass is 9.94. The third-order valence-electron chi connectivity index (χ3n) is 6.70. The van der Waals surface area contributed by atoms with Crippen LogP contribution in [0.2, 0.25) is 0 Å². The fourth-order valence-electron chi connectivity index (χ4n) is 5.29. The molecule has 0 unspecified atom stereocenters. The predicted octanol–water partition coefficient (Wildman–Crippen LogP) is 7.10. The minimum absolute atomic E-state index is 1.15. The molecule has 0 fully saturated rings. The van der Waals surface area contributed by atoms with E-state index in [0.29, 0.717) is 0 Å². The number of aryl methyl sites for hydroxylation is 5. The summed E-state index contributed by atoms with van der Waals surface area (Å²) in [4.78, 5) is 0. The highest BCUT2D eigenvalue weighted by molar-refractivity contribution is 6.20. The monoisotopic (exact) mass is 377 g/mol. The topological polar surface area (TPSA) is 4.41 Å². The number of pyridine rings is 1. The van der Waals surface area contributed by atoms with Crippen molar-refractivity contribution in [2.45, 2.75) is 41.5 Å². The third kappa shape index (κ3) is 2.16. The van der Waals surface area contributed by atoms with Crippen molar-refractivity contribution >= 4 is 50.7 Å². The Morgan fingerprint density at radius 1 is 0.724 bits per heavy atom. The summed E-state index contributed by atoms with van der Waals surface area (Å²) in [6.45, 7) is 17.9. The fourth-order valence-corrected chi connectivity index (χ4v) is 5.29. The quantitative estimate of drug-likeness (QED) is 0.274. The molecule has 5 aromatic rings. The first kappa shape index (κ1) is 18.0. The van der Waals surface area contributed by atoms with Crippen molar-refractivity contribution in [1.82, 2.24) is 4.40 Å². The minimum atomic E-state index is 1.15. The van der Waals surface area contributed by atoms with Gasteiger partial charge in [0.05, 0.1) is 16.6 Å². The number of fused-ring (bicyclic) bond motifs is 5. The normalized spacial score (nSPS) is 12.5. The third-order valence-corrected chi connectivity index (χ3v) is 6.70. The van der Waals surface area contributed by atoms with E-state index in [4.69, 9.17) is 0 Å². The van der Waals surface area contributed by atoms with E-state index in [-0.39, 0.29) is 0 Å². The molecule has 1 heteroatoms. The zero-order valence-corrected chi connectivity index (χ0v) is 18.2. The number of allylic oxidation sites excluding steroid dienone is 1. The Morgan fingerprint density at radius 2 is 1.41 bits per heavy atom. The highest BCUT2D eigenvalue weighted by Gasteiger charge is 2.21. The number of rotatable bonds is 1. The van der Waals surface area contributed by atoms with E-state index in [1.165, 1.54) is 71.5 Å². The molecule has 29 heavy (non-hydrogen) atoms. The van der Waals surface area contributed by atoms with Crippen molar-refractivity contribution in [2.24, 2.45) is 0 Å². The molecule has 0 spiro atoms. The molecular weight excluding hydrogens is 350 g/mol. The highest BCUT2D eigenvalue weighted by Crippen LogP contribution is 2.39. The van der Waals surface area contributed by atoms with Crippen LogP contribution >= 0.6 is 0 Å². The van der Waals surface area contributed by atoms with Crippen LogP contribution in [-0.4, -0.2) is 4.40 Å². The first-order chi connectivity index (χ1) is 13.9. The van der Waals surface area contributed by atoms with Gasteiger partial charge in [-0.25, -0.2) is 0 Å². The van der Waals surface area contributed by atoms with E-state index in [2.05, 4.69) is 95.0 Å². The molecule has 2 aromatic heterocycles. The number of aromatic nitrogens is 1. The molecule has 5 rings (SSSR count). The molecule has 0 atom stereocenters. The zero-order valence-electron chi connectivity index (χ0n) is 18.2. The molecule has 0 bridgehead atoms. The van der Waals surface area contributed by atoms with Gasteiger partial charge in [0.25, 0.3) is 0 Å². The van der Waals surface area contributed by atoms with Gasteiger partial charge in [-0.1, -0.05) is 49.1 Å². The van der Waals surface area contributed by atoms with Crippen LogP contribution in [0.15, 0.2) is 36.4 Å². The standard InChI is InChI=1S/C28H27N/c1-8-9-21-12-13-22-23-15(2)10-11-16(3)26(23)29-27-18(5)14-17(4)19(6)24(27)20(7)25(21)28(22)29/h8-14H,7H2,1-6H3/b9-8-. The van der Waals surface area contributed by atoms with Crippen molar-refractivity contribution in [3.63, 3.8) is 0 Å². The maximum Gasteiger partial charge on any atom is 0.0626 e. The summed E-state index contributed by atoms with van der Waals surface area (Å²) in [7, 11) is 0. The predicted molar refractivity (Wildman–Crippen MR) is 129 cm³/mol. The average Bonchev–Trinajstić information content (AvgIpc) is 3.03. The first-order valence-corrected chi connectivity index (χ1v) is 10.4. The molecule has 0 amide bonds. The van der Waals surface area contributed by atoms with Gasteiger partial charge >= 0.3 is 0 Å². The van der Waals surface area contributed by atoms with E-state index in [1.54, 1.807) is 0 Å². The Bertz CT molecular complexity index is 1560. The van der Waals surface area contributed by atoms with Crippen LogP contribution in [0.1, 0.15) is 40.3 Å². The van der Waals surface area contributed by atoms with Gasteiger partial charge < -0.3 is 4.40 Å². The highest BCUT2D eigenvalue weighted by atomic mass is 14.9. The van der Waals surface area contributed by atoms with Crippen molar-refractivity contribution in [1.29, 1.82) is 0 Å². The Balaban J connectivity index is 2.33. The summed E-state index contributed by atoms with van der Waals surface area (Å²) in [5.74, 6) is 0. The van der Waals surface area contributed by atoms with Gasteiger partial charge in [0.15, 0.2) is 0 Å². The van der Waals surface area contributed by atoms with Crippen molar-refractivity contribution < 1.29 is 0 Å². The smallest absolute Gasteiger partial charge is 0.0626 e. The van der Waals surface area contributed by atoms with Gasteiger partial charge in [-0.15, -0.1) is 0 Å². The first-order valence-electron chi connectivity index (χ1n) is 10.4. The van der Waals surface area contributed by atoms with Gasteiger partial charge in [0.2, 0.25) is 0 Å². The van der Waals surface area contributed by atoms with E-state index < -0.39 is 0 Å². The molecule has 0 radical (unpaired) electrons. The lowest BCUT2D eigenvalue weighted by Gasteiger charge is -2.17. The van der Waals surface area contributed by atoms with Crippen molar-refractivity contribution in [3.05, 3.63) is 75.0 Å². The Labute approximate surface area is 171 Å². The summed E-state index contributed by atoms with van der Waals surface area (Å²) >= 11 is 0. The molecule has 0 N–H and O–H groups in total. The minimum Gasteiger partial charge on any atom is -0.307 e. The van der Waals surface area contributed by atoms with Crippen LogP contribution in [0, 0.1) is 34.6 Å². The van der Waals surface area contributed by atoms with Gasteiger partial charge in [-0.3, -0.25) is 0 Å². The van der Waals surface area contributed by atoms with E-state index >= 15 is 0 Å². The molecule has 0 aliphatic heterocycles. The van der Waals surface area contributed by atoms with Crippen molar-refractivity contribution in [3.8, 4) is 0 Å². The maximum atomic E-state index is 4.63. The van der Waals surface area contributed by atoms with Crippen LogP contribution in [-0.2, 0) is 0 Å². The average molecular weight is 378 g/mol. The van der Waals surface area contributed by atoms with Crippen LogP contribution in [0.25, 0.3) is 50.7 Å². The molecular formula is C28H27N. The summed E-state index contributed by atoms with van der Waals surface area (Å²) < 4.78 is 2.53. The molecule has 0 saturated carbocycles. The van der Waals surface area contributed by atoms with Crippen LogP contribution in [0.5, 0.6) is 0 Å². The van der Waals surface area contributed by atoms with Crippen LogP contribution < -0.4 is 5.22 Å². The molecule has 0 aliphatic carbocycles. The lowest BCUT2D eigenvalue weighted by molar-refractivity contribution is 1.25. The Kier molecular flexibility index (Phi) is 3.70. The summed E-state index contributed by atoms with van der Waals surface area (Å²) in [6.07, 6.45) is 4.34. The Hall–Kier alpha value is -3.06. The molecule has 0 aliphatic rings. The van der Waals surface area contributed by atoms with Crippen LogP contribution in [0.3, 0.4) is 0 Å².